The van der Waals surface area contributed by atoms with Crippen LogP contribution >= 0.6 is 0 Å². The van der Waals surface area contributed by atoms with Crippen molar-refractivity contribution >= 4 is 5.91 Å². The molecule has 18 heavy (non-hydrogen) atoms. The van der Waals surface area contributed by atoms with Crippen molar-refractivity contribution in [3.8, 4) is 0 Å². The summed E-state index contributed by atoms with van der Waals surface area (Å²) in [4.78, 5) is 18.1. The molecule has 0 saturated carbocycles. The molecule has 2 heterocycles. The van der Waals surface area contributed by atoms with E-state index in [1.54, 1.807) is 11.0 Å². The topological polar surface area (TPSA) is 60.2 Å². The first-order chi connectivity index (χ1) is 8.72. The molecule has 2 atom stereocenters. The van der Waals surface area contributed by atoms with Crippen LogP contribution in [0, 0.1) is 5.92 Å². The monoisotopic (exact) mass is 252 g/mol. The van der Waals surface area contributed by atoms with E-state index in [2.05, 4.69) is 10.1 Å². The van der Waals surface area contributed by atoms with Gasteiger partial charge in [0.15, 0.2) is 0 Å². The molecular formula is C12H20N4O2. The molecule has 1 fully saturated rings. The Hall–Kier alpha value is -1.43. The van der Waals surface area contributed by atoms with E-state index in [-0.39, 0.29) is 11.9 Å². The lowest BCUT2D eigenvalue weighted by molar-refractivity contribution is -0.135. The number of ether oxygens (including phenoxy) is 1. The number of carbonyl (C=O) groups is 1. The lowest BCUT2D eigenvalue weighted by atomic mass is 10.1. The Morgan fingerprint density at radius 2 is 2.50 bits per heavy atom. The summed E-state index contributed by atoms with van der Waals surface area (Å²) in [5.41, 5.74) is 0. The molecule has 1 amide bonds. The summed E-state index contributed by atoms with van der Waals surface area (Å²) >= 11 is 0. The van der Waals surface area contributed by atoms with E-state index in [4.69, 9.17) is 4.74 Å². The zero-order chi connectivity index (χ0) is 13.0. The van der Waals surface area contributed by atoms with Crippen molar-refractivity contribution < 1.29 is 9.53 Å². The largest absolute Gasteiger partial charge is 0.381 e. The number of hydrogen-bond acceptors (Lipinski definition) is 4. The van der Waals surface area contributed by atoms with Crippen molar-refractivity contribution in [1.29, 1.82) is 0 Å². The maximum Gasteiger partial charge on any atom is 0.247 e. The Bertz CT molecular complexity index is 373. The summed E-state index contributed by atoms with van der Waals surface area (Å²) in [6, 6.07) is -0.297. The Morgan fingerprint density at radius 3 is 3.06 bits per heavy atom. The van der Waals surface area contributed by atoms with Crippen LogP contribution in [0.5, 0.6) is 0 Å². The van der Waals surface area contributed by atoms with Crippen molar-refractivity contribution in [2.75, 3.05) is 26.3 Å². The summed E-state index contributed by atoms with van der Waals surface area (Å²) in [5, 5.41) is 4.02. The van der Waals surface area contributed by atoms with Crippen molar-refractivity contribution in [2.24, 2.45) is 5.92 Å². The molecule has 2 unspecified atom stereocenters. The van der Waals surface area contributed by atoms with Gasteiger partial charge in [-0.25, -0.2) is 9.67 Å². The molecule has 0 spiro atoms. The van der Waals surface area contributed by atoms with E-state index in [0.717, 1.165) is 26.2 Å². The van der Waals surface area contributed by atoms with Crippen LogP contribution in [0.25, 0.3) is 0 Å². The fourth-order valence-corrected chi connectivity index (χ4v) is 2.21. The van der Waals surface area contributed by atoms with Gasteiger partial charge in [-0.1, -0.05) is 0 Å². The summed E-state index contributed by atoms with van der Waals surface area (Å²) in [5.74, 6) is 0.562. The van der Waals surface area contributed by atoms with Crippen LogP contribution in [0.3, 0.4) is 0 Å². The number of amides is 1. The Morgan fingerprint density at radius 1 is 1.67 bits per heavy atom. The van der Waals surface area contributed by atoms with Crippen molar-refractivity contribution in [3.05, 3.63) is 12.7 Å². The smallest absolute Gasteiger partial charge is 0.247 e. The zero-order valence-electron chi connectivity index (χ0n) is 11.0. The van der Waals surface area contributed by atoms with Gasteiger partial charge < -0.3 is 9.64 Å². The third-order valence-corrected chi connectivity index (χ3v) is 3.39. The van der Waals surface area contributed by atoms with Gasteiger partial charge in [0.1, 0.15) is 18.7 Å². The average Bonchev–Trinajstić information content (AvgIpc) is 3.06. The Kier molecular flexibility index (Phi) is 4.30. The number of carbonyl (C=O) groups excluding carboxylic acids is 1. The molecule has 1 aliphatic rings. The fraction of sp³-hybridized carbons (Fsp3) is 0.750. The molecule has 1 aromatic rings. The van der Waals surface area contributed by atoms with Crippen molar-refractivity contribution in [2.45, 2.75) is 26.3 Å². The van der Waals surface area contributed by atoms with Crippen LogP contribution in [0.4, 0.5) is 0 Å². The SMILES string of the molecule is CCN(CC1CCOC1)C(=O)C(C)n1cncn1. The molecule has 6 heteroatoms. The van der Waals surface area contributed by atoms with Crippen molar-refractivity contribution in [1.82, 2.24) is 19.7 Å². The molecule has 1 saturated heterocycles. The van der Waals surface area contributed by atoms with Crippen LogP contribution in [-0.2, 0) is 9.53 Å². The van der Waals surface area contributed by atoms with Gasteiger partial charge in [0.2, 0.25) is 5.91 Å². The summed E-state index contributed by atoms with van der Waals surface area (Å²) in [6.07, 6.45) is 4.07. The van der Waals surface area contributed by atoms with Crippen LogP contribution in [0.2, 0.25) is 0 Å². The second kappa shape index (κ2) is 5.95. The van der Waals surface area contributed by atoms with Gasteiger partial charge in [-0.15, -0.1) is 0 Å². The van der Waals surface area contributed by atoms with Gasteiger partial charge in [-0.2, -0.15) is 5.10 Å². The third kappa shape index (κ3) is 2.87. The second-order valence-corrected chi connectivity index (χ2v) is 4.66. The van der Waals surface area contributed by atoms with Crippen LogP contribution < -0.4 is 0 Å². The van der Waals surface area contributed by atoms with Gasteiger partial charge >= 0.3 is 0 Å². The van der Waals surface area contributed by atoms with Gasteiger partial charge in [-0.05, 0) is 20.3 Å². The van der Waals surface area contributed by atoms with Gasteiger partial charge in [0, 0.05) is 25.6 Å². The van der Waals surface area contributed by atoms with Crippen LogP contribution in [0.15, 0.2) is 12.7 Å². The summed E-state index contributed by atoms with van der Waals surface area (Å²) in [7, 11) is 0. The van der Waals surface area contributed by atoms with Gasteiger partial charge in [-0.3, -0.25) is 4.79 Å². The van der Waals surface area contributed by atoms with E-state index >= 15 is 0 Å². The number of likely N-dealkylation sites (N-methyl/N-ethyl adjacent to an activating group) is 1. The number of aromatic nitrogens is 3. The van der Waals surface area contributed by atoms with E-state index in [1.165, 1.54) is 6.33 Å². The highest BCUT2D eigenvalue weighted by Gasteiger charge is 2.25. The number of rotatable bonds is 5. The second-order valence-electron chi connectivity index (χ2n) is 4.66. The van der Waals surface area contributed by atoms with E-state index in [1.807, 2.05) is 18.7 Å². The first-order valence-electron chi connectivity index (χ1n) is 6.43. The molecule has 6 nitrogen and oxygen atoms in total. The molecule has 0 aromatic carbocycles. The molecule has 100 valence electrons. The molecule has 2 rings (SSSR count). The Balaban J connectivity index is 1.96. The van der Waals surface area contributed by atoms with E-state index in [0.29, 0.717) is 12.5 Å². The van der Waals surface area contributed by atoms with E-state index < -0.39 is 0 Å². The maximum atomic E-state index is 12.4. The zero-order valence-corrected chi connectivity index (χ0v) is 11.0. The minimum absolute atomic E-state index is 0.0925. The lowest BCUT2D eigenvalue weighted by Gasteiger charge is -2.26. The molecule has 0 N–H and O–H groups in total. The normalized spacial score (nSPS) is 20.9. The summed E-state index contributed by atoms with van der Waals surface area (Å²) in [6.45, 7) is 6.92. The van der Waals surface area contributed by atoms with Crippen LogP contribution in [0.1, 0.15) is 26.3 Å². The highest BCUT2D eigenvalue weighted by Crippen LogP contribution is 2.16. The van der Waals surface area contributed by atoms with Crippen LogP contribution in [-0.4, -0.2) is 51.9 Å². The minimum Gasteiger partial charge on any atom is -0.381 e. The highest BCUT2D eigenvalue weighted by molar-refractivity contribution is 5.79. The Labute approximate surface area is 107 Å². The number of hydrogen-bond donors (Lipinski definition) is 0. The first kappa shape index (κ1) is 13.0. The predicted molar refractivity (Wildman–Crippen MR) is 65.9 cm³/mol. The minimum atomic E-state index is -0.297. The van der Waals surface area contributed by atoms with Crippen molar-refractivity contribution in [3.63, 3.8) is 0 Å². The fourth-order valence-electron chi connectivity index (χ4n) is 2.21. The highest BCUT2D eigenvalue weighted by atomic mass is 16.5. The van der Waals surface area contributed by atoms with Gasteiger partial charge in [0.05, 0.1) is 6.61 Å². The van der Waals surface area contributed by atoms with E-state index in [9.17, 15) is 4.79 Å². The molecule has 0 bridgehead atoms. The maximum absolute atomic E-state index is 12.4. The molecule has 1 aromatic heterocycles. The van der Waals surface area contributed by atoms with Gasteiger partial charge in [0.25, 0.3) is 0 Å². The first-order valence-corrected chi connectivity index (χ1v) is 6.43. The quantitative estimate of drug-likeness (QED) is 0.775. The summed E-state index contributed by atoms with van der Waals surface area (Å²) < 4.78 is 6.94. The standard InChI is InChI=1S/C12H20N4O2/c1-3-15(6-11-4-5-18-7-11)12(17)10(2)16-9-13-8-14-16/h8-11H,3-7H2,1-2H3. The third-order valence-electron chi connectivity index (χ3n) is 3.39. The molecule has 1 aliphatic heterocycles. The predicted octanol–water partition coefficient (Wildman–Crippen LogP) is 0.724. The molecular weight excluding hydrogens is 232 g/mol. The number of nitrogens with zero attached hydrogens (tertiary/aromatic N) is 4. The molecule has 0 aliphatic carbocycles. The average molecular weight is 252 g/mol. The molecule has 0 radical (unpaired) electrons. The lowest BCUT2D eigenvalue weighted by Crippen LogP contribution is -2.39.